The Morgan fingerprint density at radius 1 is 1.27 bits per heavy atom. The van der Waals surface area contributed by atoms with Gasteiger partial charge in [0.25, 0.3) is 0 Å². The average molecular weight is 199 g/mol. The van der Waals surface area contributed by atoms with E-state index < -0.39 is 0 Å². The van der Waals surface area contributed by atoms with Crippen LogP contribution in [0.25, 0.3) is 10.9 Å². The maximum atomic E-state index is 9.59. The number of pyridine rings is 1. The molecule has 0 amide bonds. The van der Waals surface area contributed by atoms with Crippen molar-refractivity contribution < 1.29 is 5.11 Å². The van der Waals surface area contributed by atoms with Crippen LogP contribution in [0.1, 0.15) is 17.7 Å². The number of aryl methyl sites for hydroxylation is 1. The van der Waals surface area contributed by atoms with E-state index in [-0.39, 0.29) is 6.10 Å². The minimum absolute atomic E-state index is 0.203. The third-order valence-corrected chi connectivity index (χ3v) is 3.07. The van der Waals surface area contributed by atoms with Gasteiger partial charge in [-0.1, -0.05) is 18.2 Å². The van der Waals surface area contributed by atoms with Crippen molar-refractivity contribution >= 4 is 10.9 Å². The van der Waals surface area contributed by atoms with Gasteiger partial charge in [0.1, 0.15) is 0 Å². The van der Waals surface area contributed by atoms with E-state index in [9.17, 15) is 5.11 Å². The molecule has 1 aliphatic rings. The van der Waals surface area contributed by atoms with Gasteiger partial charge in [-0.2, -0.15) is 0 Å². The van der Waals surface area contributed by atoms with E-state index in [0.717, 1.165) is 24.1 Å². The highest BCUT2D eigenvalue weighted by atomic mass is 16.3. The Kier molecular flexibility index (Phi) is 1.96. The molecule has 76 valence electrons. The number of aliphatic hydroxyl groups excluding tert-OH is 1. The molecule has 2 heteroatoms. The number of aliphatic hydroxyl groups is 1. The molecule has 2 aromatic rings. The van der Waals surface area contributed by atoms with E-state index in [2.05, 4.69) is 17.1 Å². The molecule has 15 heavy (non-hydrogen) atoms. The maximum Gasteiger partial charge on any atom is 0.0705 e. The summed E-state index contributed by atoms with van der Waals surface area (Å²) in [6.45, 7) is 0. The van der Waals surface area contributed by atoms with Gasteiger partial charge in [0.15, 0.2) is 0 Å². The highest BCUT2D eigenvalue weighted by molar-refractivity contribution is 5.79. The number of fused-ring (bicyclic) bond motifs is 2. The van der Waals surface area contributed by atoms with Crippen molar-refractivity contribution in [3.63, 3.8) is 0 Å². The lowest BCUT2D eigenvalue weighted by Crippen LogP contribution is -2.19. The smallest absolute Gasteiger partial charge is 0.0705 e. The summed E-state index contributed by atoms with van der Waals surface area (Å²) >= 11 is 0. The Bertz CT molecular complexity index is 507. The van der Waals surface area contributed by atoms with Crippen LogP contribution in [-0.4, -0.2) is 16.2 Å². The zero-order chi connectivity index (χ0) is 10.3. The average Bonchev–Trinajstić information content (AvgIpc) is 2.26. The number of para-hydroxylation sites is 1. The lowest BCUT2D eigenvalue weighted by molar-refractivity contribution is 0.157. The van der Waals surface area contributed by atoms with Crippen molar-refractivity contribution in [3.8, 4) is 0 Å². The number of nitrogens with zero attached hydrogens (tertiary/aromatic N) is 1. The van der Waals surface area contributed by atoms with Gasteiger partial charge in [-0.15, -0.1) is 0 Å². The van der Waals surface area contributed by atoms with Crippen LogP contribution >= 0.6 is 0 Å². The van der Waals surface area contributed by atoms with Crippen LogP contribution in [0.15, 0.2) is 30.3 Å². The molecule has 0 spiro atoms. The molecule has 1 N–H and O–H groups in total. The summed E-state index contributed by atoms with van der Waals surface area (Å²) in [6, 6.07) is 10.4. The van der Waals surface area contributed by atoms with Gasteiger partial charge in [0, 0.05) is 17.5 Å². The van der Waals surface area contributed by atoms with Crippen LogP contribution in [-0.2, 0) is 12.8 Å². The lowest BCUT2D eigenvalue weighted by Gasteiger charge is -2.19. The number of rotatable bonds is 0. The first-order valence-electron chi connectivity index (χ1n) is 5.38. The van der Waals surface area contributed by atoms with Crippen LogP contribution in [0.5, 0.6) is 0 Å². The van der Waals surface area contributed by atoms with Crippen LogP contribution in [0.3, 0.4) is 0 Å². The molecule has 1 aromatic carbocycles. The SMILES string of the molecule is OC1CCc2cc3ccccc3nc2C1. The summed E-state index contributed by atoms with van der Waals surface area (Å²) < 4.78 is 0. The standard InChI is InChI=1S/C13H13NO/c15-11-6-5-10-7-9-3-1-2-4-12(9)14-13(10)8-11/h1-4,7,11,15H,5-6,8H2. The number of aromatic nitrogens is 1. The van der Waals surface area contributed by atoms with Crippen molar-refractivity contribution in [2.24, 2.45) is 0 Å². The molecule has 0 saturated carbocycles. The molecule has 1 atom stereocenters. The predicted molar refractivity (Wildman–Crippen MR) is 59.8 cm³/mol. The third kappa shape index (κ3) is 1.51. The highest BCUT2D eigenvalue weighted by Crippen LogP contribution is 2.23. The molecule has 0 aliphatic heterocycles. The molecule has 1 heterocycles. The van der Waals surface area contributed by atoms with E-state index in [1.807, 2.05) is 18.2 Å². The van der Waals surface area contributed by atoms with E-state index in [1.165, 1.54) is 10.9 Å². The zero-order valence-electron chi connectivity index (χ0n) is 8.48. The second kappa shape index (κ2) is 3.31. The maximum absolute atomic E-state index is 9.59. The van der Waals surface area contributed by atoms with Gasteiger partial charge in [-0.3, -0.25) is 4.98 Å². The Balaban J connectivity index is 2.20. The van der Waals surface area contributed by atoms with Gasteiger partial charge < -0.3 is 5.11 Å². The van der Waals surface area contributed by atoms with Gasteiger partial charge in [-0.25, -0.2) is 0 Å². The van der Waals surface area contributed by atoms with Gasteiger partial charge in [0.2, 0.25) is 0 Å². The van der Waals surface area contributed by atoms with E-state index >= 15 is 0 Å². The summed E-state index contributed by atoms with van der Waals surface area (Å²) in [4.78, 5) is 4.61. The Morgan fingerprint density at radius 2 is 2.13 bits per heavy atom. The first-order valence-corrected chi connectivity index (χ1v) is 5.38. The minimum atomic E-state index is -0.203. The van der Waals surface area contributed by atoms with E-state index in [1.54, 1.807) is 0 Å². The molecule has 0 fully saturated rings. The number of hydrogen-bond donors (Lipinski definition) is 1. The van der Waals surface area contributed by atoms with Crippen molar-refractivity contribution in [2.45, 2.75) is 25.4 Å². The van der Waals surface area contributed by atoms with Crippen LogP contribution in [0, 0.1) is 0 Å². The second-order valence-electron chi connectivity index (χ2n) is 4.18. The van der Waals surface area contributed by atoms with Crippen molar-refractivity contribution in [3.05, 3.63) is 41.6 Å². The monoisotopic (exact) mass is 199 g/mol. The lowest BCUT2D eigenvalue weighted by atomic mass is 9.93. The molecule has 0 radical (unpaired) electrons. The fourth-order valence-corrected chi connectivity index (χ4v) is 2.24. The van der Waals surface area contributed by atoms with Crippen LogP contribution in [0.4, 0.5) is 0 Å². The molecule has 0 bridgehead atoms. The predicted octanol–water partition coefficient (Wildman–Crippen LogP) is 2.08. The van der Waals surface area contributed by atoms with E-state index in [0.29, 0.717) is 6.42 Å². The largest absolute Gasteiger partial charge is 0.393 e. The summed E-state index contributed by atoms with van der Waals surface area (Å²) in [5, 5.41) is 10.8. The molecule has 0 saturated heterocycles. The first kappa shape index (κ1) is 8.86. The highest BCUT2D eigenvalue weighted by Gasteiger charge is 2.17. The zero-order valence-corrected chi connectivity index (χ0v) is 8.48. The van der Waals surface area contributed by atoms with Crippen molar-refractivity contribution in [1.82, 2.24) is 4.98 Å². The quantitative estimate of drug-likeness (QED) is 0.704. The Labute approximate surface area is 88.6 Å². The summed E-state index contributed by atoms with van der Waals surface area (Å²) in [5.74, 6) is 0. The molecule has 1 unspecified atom stereocenters. The fourth-order valence-electron chi connectivity index (χ4n) is 2.24. The van der Waals surface area contributed by atoms with Gasteiger partial charge >= 0.3 is 0 Å². The minimum Gasteiger partial charge on any atom is -0.393 e. The summed E-state index contributed by atoms with van der Waals surface area (Å²) in [5.41, 5.74) is 3.41. The van der Waals surface area contributed by atoms with E-state index in [4.69, 9.17) is 0 Å². The third-order valence-electron chi connectivity index (χ3n) is 3.07. The summed E-state index contributed by atoms with van der Waals surface area (Å²) in [7, 11) is 0. The molecular weight excluding hydrogens is 186 g/mol. The van der Waals surface area contributed by atoms with Crippen LogP contribution in [0.2, 0.25) is 0 Å². The molecule has 3 rings (SSSR count). The topological polar surface area (TPSA) is 33.1 Å². The van der Waals surface area contributed by atoms with Gasteiger partial charge in [0.05, 0.1) is 11.6 Å². The molecular formula is C13H13NO. The molecule has 1 aromatic heterocycles. The number of hydrogen-bond acceptors (Lipinski definition) is 2. The number of benzene rings is 1. The normalized spacial score (nSPS) is 20.2. The fraction of sp³-hybridized carbons (Fsp3) is 0.308. The second-order valence-corrected chi connectivity index (χ2v) is 4.18. The first-order chi connectivity index (χ1) is 7.33. The Hall–Kier alpha value is -1.41. The van der Waals surface area contributed by atoms with Crippen molar-refractivity contribution in [1.29, 1.82) is 0 Å². The van der Waals surface area contributed by atoms with Gasteiger partial charge in [-0.05, 0) is 30.5 Å². The molecule has 1 aliphatic carbocycles. The van der Waals surface area contributed by atoms with Crippen molar-refractivity contribution in [2.75, 3.05) is 0 Å². The molecule has 2 nitrogen and oxygen atoms in total. The van der Waals surface area contributed by atoms with Crippen LogP contribution < -0.4 is 0 Å². The Morgan fingerprint density at radius 3 is 3.07 bits per heavy atom. The summed E-state index contributed by atoms with van der Waals surface area (Å²) in [6.07, 6.45) is 2.33.